The first kappa shape index (κ1) is 12.9. The van der Waals surface area contributed by atoms with Gasteiger partial charge in [-0.3, -0.25) is 0 Å². The lowest BCUT2D eigenvalue weighted by molar-refractivity contribution is 0.528. The van der Waals surface area contributed by atoms with Gasteiger partial charge in [-0.05, 0) is 37.6 Å². The number of rotatable bonds is 5. The Bertz CT molecular complexity index is 501. The highest BCUT2D eigenvalue weighted by Crippen LogP contribution is 2.24. The fourth-order valence-electron chi connectivity index (χ4n) is 2.36. The topological polar surface area (TPSA) is 25.2 Å². The van der Waals surface area contributed by atoms with Gasteiger partial charge in [-0.1, -0.05) is 37.6 Å². The van der Waals surface area contributed by atoms with Crippen LogP contribution < -0.4 is 5.32 Å². The highest BCUT2D eigenvalue weighted by atomic mass is 16.3. The SMILES string of the molecule is CCCc1cccc(C(NC)c2coc(C)c2)c1. The lowest BCUT2D eigenvalue weighted by Gasteiger charge is -2.15. The largest absolute Gasteiger partial charge is 0.469 e. The summed E-state index contributed by atoms with van der Waals surface area (Å²) in [5.74, 6) is 0.954. The van der Waals surface area contributed by atoms with Crippen LogP contribution in [0.1, 0.15) is 41.8 Å². The molecule has 0 aliphatic carbocycles. The van der Waals surface area contributed by atoms with Crippen molar-refractivity contribution in [2.24, 2.45) is 0 Å². The second-order valence-electron chi connectivity index (χ2n) is 4.71. The van der Waals surface area contributed by atoms with Crippen molar-refractivity contribution in [1.29, 1.82) is 0 Å². The summed E-state index contributed by atoms with van der Waals surface area (Å²) in [6.07, 6.45) is 4.15. The van der Waals surface area contributed by atoms with Crippen LogP contribution in [-0.2, 0) is 6.42 Å². The minimum absolute atomic E-state index is 0.208. The Hall–Kier alpha value is -1.54. The fraction of sp³-hybridized carbons (Fsp3) is 0.375. The molecule has 0 aliphatic rings. The molecule has 1 aromatic heterocycles. The molecule has 1 N–H and O–H groups in total. The standard InChI is InChI=1S/C16H21NO/c1-4-6-13-7-5-8-14(10-13)16(17-3)15-9-12(2)18-11-15/h5,7-11,16-17H,4,6H2,1-3H3. The van der Waals surface area contributed by atoms with Crippen molar-refractivity contribution < 1.29 is 4.42 Å². The van der Waals surface area contributed by atoms with Gasteiger partial charge in [-0.2, -0.15) is 0 Å². The smallest absolute Gasteiger partial charge is 0.101 e. The van der Waals surface area contributed by atoms with Crippen molar-refractivity contribution in [3.63, 3.8) is 0 Å². The van der Waals surface area contributed by atoms with Crippen molar-refractivity contribution in [3.8, 4) is 0 Å². The Morgan fingerprint density at radius 3 is 2.67 bits per heavy atom. The maximum Gasteiger partial charge on any atom is 0.101 e. The molecule has 2 rings (SSSR count). The van der Waals surface area contributed by atoms with Gasteiger partial charge in [0.2, 0.25) is 0 Å². The van der Waals surface area contributed by atoms with E-state index in [2.05, 4.69) is 42.6 Å². The summed E-state index contributed by atoms with van der Waals surface area (Å²) in [4.78, 5) is 0. The first-order valence-corrected chi connectivity index (χ1v) is 6.55. The van der Waals surface area contributed by atoms with Crippen molar-refractivity contribution >= 4 is 0 Å². The third-order valence-electron chi connectivity index (χ3n) is 3.20. The van der Waals surface area contributed by atoms with Crippen LogP contribution in [0.3, 0.4) is 0 Å². The number of aryl methyl sites for hydroxylation is 2. The molecule has 2 nitrogen and oxygen atoms in total. The summed E-state index contributed by atoms with van der Waals surface area (Å²) < 4.78 is 5.41. The van der Waals surface area contributed by atoms with Gasteiger partial charge in [0.25, 0.3) is 0 Å². The molecule has 1 atom stereocenters. The first-order valence-electron chi connectivity index (χ1n) is 6.55. The Labute approximate surface area is 109 Å². The zero-order valence-electron chi connectivity index (χ0n) is 11.4. The number of furan rings is 1. The molecule has 0 amide bonds. The molecular formula is C16H21NO. The number of hydrogen-bond acceptors (Lipinski definition) is 2. The highest BCUT2D eigenvalue weighted by Gasteiger charge is 2.14. The molecule has 0 bridgehead atoms. The Balaban J connectivity index is 2.29. The third kappa shape index (κ3) is 2.82. The van der Waals surface area contributed by atoms with E-state index in [1.807, 2.05) is 20.2 Å². The predicted molar refractivity (Wildman–Crippen MR) is 74.8 cm³/mol. The molecule has 2 heteroatoms. The maximum absolute atomic E-state index is 5.41. The predicted octanol–water partition coefficient (Wildman–Crippen LogP) is 3.85. The summed E-state index contributed by atoms with van der Waals surface area (Å²) in [6.45, 7) is 4.19. The molecule has 1 aromatic carbocycles. The Morgan fingerprint density at radius 2 is 2.06 bits per heavy atom. The van der Waals surface area contributed by atoms with Gasteiger partial charge in [0.1, 0.15) is 5.76 Å². The molecule has 1 heterocycles. The molecular weight excluding hydrogens is 222 g/mol. The number of hydrogen-bond donors (Lipinski definition) is 1. The summed E-state index contributed by atoms with van der Waals surface area (Å²) in [6, 6.07) is 11.1. The van der Waals surface area contributed by atoms with E-state index < -0.39 is 0 Å². The van der Waals surface area contributed by atoms with E-state index in [1.54, 1.807) is 0 Å². The van der Waals surface area contributed by atoms with Gasteiger partial charge in [0, 0.05) is 5.56 Å². The third-order valence-corrected chi connectivity index (χ3v) is 3.20. The van der Waals surface area contributed by atoms with Crippen LogP contribution in [0.15, 0.2) is 41.0 Å². The van der Waals surface area contributed by atoms with Gasteiger partial charge in [-0.25, -0.2) is 0 Å². The van der Waals surface area contributed by atoms with Crippen LogP contribution >= 0.6 is 0 Å². The summed E-state index contributed by atoms with van der Waals surface area (Å²) >= 11 is 0. The summed E-state index contributed by atoms with van der Waals surface area (Å²) in [5, 5.41) is 3.36. The van der Waals surface area contributed by atoms with E-state index in [4.69, 9.17) is 4.42 Å². The van der Waals surface area contributed by atoms with Crippen molar-refractivity contribution in [3.05, 3.63) is 59.0 Å². The van der Waals surface area contributed by atoms with Crippen LogP contribution in [0, 0.1) is 6.92 Å². The summed E-state index contributed by atoms with van der Waals surface area (Å²) in [5.41, 5.74) is 3.88. The zero-order valence-corrected chi connectivity index (χ0v) is 11.4. The molecule has 0 saturated carbocycles. The normalized spacial score (nSPS) is 12.6. The molecule has 0 spiro atoms. The van der Waals surface area contributed by atoms with E-state index in [0.717, 1.165) is 12.2 Å². The van der Waals surface area contributed by atoms with Crippen LogP contribution in [0.5, 0.6) is 0 Å². The minimum atomic E-state index is 0.208. The van der Waals surface area contributed by atoms with Gasteiger partial charge < -0.3 is 9.73 Å². The number of benzene rings is 1. The van der Waals surface area contributed by atoms with Gasteiger partial charge >= 0.3 is 0 Å². The van der Waals surface area contributed by atoms with E-state index >= 15 is 0 Å². The molecule has 0 saturated heterocycles. The average Bonchev–Trinajstić information content (AvgIpc) is 2.78. The van der Waals surface area contributed by atoms with E-state index in [-0.39, 0.29) is 6.04 Å². The van der Waals surface area contributed by atoms with E-state index in [1.165, 1.54) is 23.1 Å². The molecule has 0 aliphatic heterocycles. The van der Waals surface area contributed by atoms with E-state index in [0.29, 0.717) is 0 Å². The first-order chi connectivity index (χ1) is 8.74. The Kier molecular flexibility index (Phi) is 4.21. The summed E-state index contributed by atoms with van der Waals surface area (Å²) in [7, 11) is 1.99. The lowest BCUT2D eigenvalue weighted by atomic mass is 9.98. The second kappa shape index (κ2) is 5.87. The fourth-order valence-corrected chi connectivity index (χ4v) is 2.36. The van der Waals surface area contributed by atoms with Crippen LogP contribution in [0.2, 0.25) is 0 Å². The molecule has 0 radical (unpaired) electrons. The van der Waals surface area contributed by atoms with Crippen LogP contribution in [-0.4, -0.2) is 7.05 Å². The maximum atomic E-state index is 5.41. The zero-order chi connectivity index (χ0) is 13.0. The van der Waals surface area contributed by atoms with Crippen molar-refractivity contribution in [2.45, 2.75) is 32.7 Å². The molecule has 1 unspecified atom stereocenters. The molecule has 18 heavy (non-hydrogen) atoms. The van der Waals surface area contributed by atoms with Crippen molar-refractivity contribution in [1.82, 2.24) is 5.32 Å². The monoisotopic (exact) mass is 243 g/mol. The Morgan fingerprint density at radius 1 is 1.22 bits per heavy atom. The van der Waals surface area contributed by atoms with Crippen LogP contribution in [0.4, 0.5) is 0 Å². The molecule has 0 fully saturated rings. The molecule has 96 valence electrons. The second-order valence-corrected chi connectivity index (χ2v) is 4.71. The van der Waals surface area contributed by atoms with Crippen molar-refractivity contribution in [2.75, 3.05) is 7.05 Å². The van der Waals surface area contributed by atoms with Gasteiger partial charge in [0.15, 0.2) is 0 Å². The van der Waals surface area contributed by atoms with E-state index in [9.17, 15) is 0 Å². The number of nitrogens with one attached hydrogen (secondary N) is 1. The highest BCUT2D eigenvalue weighted by molar-refractivity contribution is 5.33. The van der Waals surface area contributed by atoms with Gasteiger partial charge in [-0.15, -0.1) is 0 Å². The average molecular weight is 243 g/mol. The minimum Gasteiger partial charge on any atom is -0.469 e. The molecule has 2 aromatic rings. The van der Waals surface area contributed by atoms with Gasteiger partial charge in [0.05, 0.1) is 12.3 Å². The quantitative estimate of drug-likeness (QED) is 0.863. The van der Waals surface area contributed by atoms with Crippen LogP contribution in [0.25, 0.3) is 0 Å². The lowest BCUT2D eigenvalue weighted by Crippen LogP contribution is -2.17.